The number of ketones is 1. The Morgan fingerprint density at radius 2 is 1.73 bits per heavy atom. The number of ether oxygens (including phenoxy) is 1. The van der Waals surface area contributed by atoms with Crippen LogP contribution in [-0.4, -0.2) is 50.4 Å². The summed E-state index contributed by atoms with van der Waals surface area (Å²) in [6, 6.07) is -0.911. The van der Waals surface area contributed by atoms with Gasteiger partial charge in [-0.05, 0) is 45.3 Å². The number of hydrogen-bond donors (Lipinski definition) is 2. The van der Waals surface area contributed by atoms with E-state index in [1.165, 1.54) is 0 Å². The number of alkyl carbamates (subject to hydrolysis) is 1. The fourth-order valence-electron chi connectivity index (χ4n) is 2.15. The van der Waals surface area contributed by atoms with Crippen LogP contribution in [0, 0.1) is 0 Å². The highest BCUT2D eigenvalue weighted by molar-refractivity contribution is 6.74. The van der Waals surface area contributed by atoms with Crippen LogP contribution in [0.15, 0.2) is 0 Å². The van der Waals surface area contributed by atoms with Crippen molar-refractivity contribution in [2.24, 2.45) is 0 Å². The van der Waals surface area contributed by atoms with Crippen LogP contribution in [0.2, 0.25) is 18.1 Å². The van der Waals surface area contributed by atoms with Gasteiger partial charge in [0.1, 0.15) is 11.6 Å². The molecule has 0 aromatic carbocycles. The van der Waals surface area contributed by atoms with E-state index in [-0.39, 0.29) is 29.4 Å². The lowest BCUT2D eigenvalue weighted by Gasteiger charge is -2.37. The minimum atomic E-state index is -1.95. The van der Waals surface area contributed by atoms with Crippen molar-refractivity contribution < 1.29 is 23.5 Å². The van der Waals surface area contributed by atoms with Crippen LogP contribution < -0.4 is 10.6 Å². The molecule has 8 heteroatoms. The Balaban J connectivity index is 2.41. The van der Waals surface area contributed by atoms with Gasteiger partial charge in [-0.2, -0.15) is 0 Å². The first kappa shape index (κ1) is 22.6. The number of hydrogen-bond acceptors (Lipinski definition) is 5. The van der Waals surface area contributed by atoms with Gasteiger partial charge in [0, 0.05) is 6.42 Å². The summed E-state index contributed by atoms with van der Waals surface area (Å²) in [5, 5.41) is 5.34. The number of Topliss-reactive ketones (excluding diaryl/α,β-unsaturated/α-hetero) is 1. The van der Waals surface area contributed by atoms with Gasteiger partial charge in [-0.3, -0.25) is 9.59 Å². The van der Waals surface area contributed by atoms with Crippen molar-refractivity contribution in [1.82, 2.24) is 10.6 Å². The third-order valence-corrected chi connectivity index (χ3v) is 9.30. The average Bonchev–Trinajstić information content (AvgIpc) is 2.44. The molecule has 0 aromatic rings. The van der Waals surface area contributed by atoms with Crippen LogP contribution in [0.1, 0.15) is 54.4 Å². The van der Waals surface area contributed by atoms with Crippen LogP contribution in [0.25, 0.3) is 0 Å². The van der Waals surface area contributed by atoms with Gasteiger partial charge in [0.2, 0.25) is 5.91 Å². The number of amides is 2. The summed E-state index contributed by atoms with van der Waals surface area (Å²) in [5.74, 6) is -0.252. The Morgan fingerprint density at radius 1 is 1.15 bits per heavy atom. The van der Waals surface area contributed by atoms with E-state index in [9.17, 15) is 14.4 Å². The predicted octanol–water partition coefficient (Wildman–Crippen LogP) is 2.75. The maximum atomic E-state index is 12.1. The molecule has 1 rings (SSSR count). The van der Waals surface area contributed by atoms with Gasteiger partial charge >= 0.3 is 6.09 Å². The maximum Gasteiger partial charge on any atom is 0.408 e. The van der Waals surface area contributed by atoms with Crippen molar-refractivity contribution in [3.8, 4) is 0 Å². The fourth-order valence-corrected chi connectivity index (χ4v) is 3.10. The molecule has 0 spiro atoms. The molecule has 1 fully saturated rings. The topological polar surface area (TPSA) is 93.7 Å². The molecule has 1 saturated heterocycles. The first-order chi connectivity index (χ1) is 11.6. The van der Waals surface area contributed by atoms with E-state index >= 15 is 0 Å². The highest BCUT2D eigenvalue weighted by Crippen LogP contribution is 2.36. The van der Waals surface area contributed by atoms with Gasteiger partial charge in [0.15, 0.2) is 14.1 Å². The van der Waals surface area contributed by atoms with Crippen molar-refractivity contribution in [1.29, 1.82) is 0 Å². The van der Waals surface area contributed by atoms with Crippen molar-refractivity contribution in [3.63, 3.8) is 0 Å². The van der Waals surface area contributed by atoms with E-state index in [4.69, 9.17) is 9.16 Å². The summed E-state index contributed by atoms with van der Waals surface area (Å²) in [6.45, 7) is 16.0. The summed E-state index contributed by atoms with van der Waals surface area (Å²) in [5.41, 5.74) is -0.628. The molecule has 0 bridgehead atoms. The molecule has 26 heavy (non-hydrogen) atoms. The molecule has 2 N–H and O–H groups in total. The molecular formula is C18H34N2O5Si. The van der Waals surface area contributed by atoms with Crippen molar-refractivity contribution >= 4 is 26.1 Å². The Morgan fingerprint density at radius 3 is 2.19 bits per heavy atom. The monoisotopic (exact) mass is 386 g/mol. The summed E-state index contributed by atoms with van der Waals surface area (Å²) < 4.78 is 11.1. The van der Waals surface area contributed by atoms with Gasteiger partial charge in [-0.1, -0.05) is 20.8 Å². The lowest BCUT2D eigenvalue weighted by atomic mass is 9.93. The molecule has 2 atom stereocenters. The maximum absolute atomic E-state index is 12.1. The van der Waals surface area contributed by atoms with Crippen LogP contribution in [0.5, 0.6) is 0 Å². The third kappa shape index (κ3) is 6.72. The second-order valence-electron chi connectivity index (χ2n) is 9.37. The molecule has 0 aliphatic carbocycles. The first-order valence-corrected chi connectivity index (χ1v) is 12.0. The second kappa shape index (κ2) is 8.08. The summed E-state index contributed by atoms with van der Waals surface area (Å²) >= 11 is 0. The molecule has 1 heterocycles. The number of carbonyl (C=O) groups is 3. The number of rotatable bonds is 7. The van der Waals surface area contributed by atoms with Crippen LogP contribution in [-0.2, 0) is 18.8 Å². The smallest absolute Gasteiger partial charge is 0.408 e. The first-order valence-electron chi connectivity index (χ1n) is 9.08. The summed E-state index contributed by atoms with van der Waals surface area (Å²) in [7, 11) is -1.95. The Labute approximate surface area is 157 Å². The standard InChI is InChI=1S/C18H34N2O5Si/c1-17(2,3)25-16(23)20-14-13(19-15(14)22)10-9-12(21)11-24-26(7,8)18(4,5)6/h13-14H,9-11H2,1-8H3,(H,19,22)(H,20,23)/t13-,14+/m1/s1. The van der Waals surface area contributed by atoms with Crippen molar-refractivity contribution in [2.45, 2.75) is 90.2 Å². The predicted molar refractivity (Wildman–Crippen MR) is 102 cm³/mol. The van der Waals surface area contributed by atoms with E-state index in [0.29, 0.717) is 12.8 Å². The van der Waals surface area contributed by atoms with Gasteiger partial charge in [0.05, 0.1) is 12.6 Å². The van der Waals surface area contributed by atoms with Crippen LogP contribution in [0.4, 0.5) is 4.79 Å². The zero-order valence-electron chi connectivity index (χ0n) is 17.3. The number of nitrogens with one attached hydrogen (secondary N) is 2. The largest absolute Gasteiger partial charge is 0.444 e. The molecule has 1 aliphatic rings. The molecule has 1 aliphatic heterocycles. The van der Waals surface area contributed by atoms with Gasteiger partial charge in [-0.25, -0.2) is 4.79 Å². The Bertz CT molecular complexity index is 549. The zero-order chi connectivity index (χ0) is 20.3. The highest BCUT2D eigenvalue weighted by atomic mass is 28.4. The van der Waals surface area contributed by atoms with E-state index in [2.05, 4.69) is 44.5 Å². The lowest BCUT2D eigenvalue weighted by Crippen LogP contribution is -2.69. The third-order valence-electron chi connectivity index (χ3n) is 4.82. The second-order valence-corrected chi connectivity index (χ2v) is 14.2. The quantitative estimate of drug-likeness (QED) is 0.518. The van der Waals surface area contributed by atoms with Crippen molar-refractivity contribution in [2.75, 3.05) is 6.61 Å². The molecular weight excluding hydrogens is 352 g/mol. The highest BCUT2D eigenvalue weighted by Gasteiger charge is 2.41. The SMILES string of the molecule is CC(C)(C)OC(=O)N[C@@H]1C(=O)N[C@@H]1CCC(=O)CO[Si](C)(C)C(C)(C)C. The normalized spacial score (nSPS) is 20.8. The molecule has 150 valence electrons. The van der Waals surface area contributed by atoms with E-state index in [0.717, 1.165) is 0 Å². The number of β-lactam (4-membered cyclic amide) rings is 1. The minimum absolute atomic E-state index is 0.00647. The molecule has 7 nitrogen and oxygen atoms in total. The molecule has 0 radical (unpaired) electrons. The fraction of sp³-hybridized carbons (Fsp3) is 0.833. The molecule has 0 saturated carbocycles. The van der Waals surface area contributed by atoms with Gasteiger partial charge < -0.3 is 19.8 Å². The Kier molecular flexibility index (Phi) is 7.03. The number of carbonyl (C=O) groups excluding carboxylic acids is 3. The van der Waals surface area contributed by atoms with E-state index in [1.807, 2.05) is 0 Å². The van der Waals surface area contributed by atoms with Crippen LogP contribution in [0.3, 0.4) is 0 Å². The summed E-state index contributed by atoms with van der Waals surface area (Å²) in [6.07, 6.45) is 0.132. The summed E-state index contributed by atoms with van der Waals surface area (Å²) in [4.78, 5) is 35.6. The average molecular weight is 387 g/mol. The van der Waals surface area contributed by atoms with Gasteiger partial charge in [0.25, 0.3) is 0 Å². The minimum Gasteiger partial charge on any atom is -0.444 e. The van der Waals surface area contributed by atoms with Gasteiger partial charge in [-0.15, -0.1) is 0 Å². The Hall–Kier alpha value is -1.41. The van der Waals surface area contributed by atoms with Crippen LogP contribution >= 0.6 is 0 Å². The zero-order valence-corrected chi connectivity index (χ0v) is 18.3. The molecule has 2 amide bonds. The lowest BCUT2D eigenvalue weighted by molar-refractivity contribution is -0.132. The van der Waals surface area contributed by atoms with E-state index in [1.54, 1.807) is 20.8 Å². The molecule has 0 aromatic heterocycles. The van der Waals surface area contributed by atoms with E-state index < -0.39 is 26.1 Å². The van der Waals surface area contributed by atoms with Crippen molar-refractivity contribution in [3.05, 3.63) is 0 Å². The molecule has 0 unspecified atom stereocenters.